The molecule has 0 amide bonds. The Bertz CT molecular complexity index is 300. The van der Waals surface area contributed by atoms with Gasteiger partial charge in [0, 0.05) is 0 Å². The first-order chi connectivity index (χ1) is 5.82. The van der Waals surface area contributed by atoms with Gasteiger partial charge >= 0.3 is 6.18 Å². The predicted octanol–water partition coefficient (Wildman–Crippen LogP) is 3.63. The fourth-order valence-corrected chi connectivity index (χ4v) is 1.20. The van der Waals surface area contributed by atoms with Crippen LogP contribution < -0.4 is 0 Å². The second-order valence-electron chi connectivity index (χ2n) is 3.23. The molecule has 0 aliphatic carbocycles. The smallest absolute Gasteiger partial charge is 0.166 e. The van der Waals surface area contributed by atoms with E-state index in [1.54, 1.807) is 13.8 Å². The van der Waals surface area contributed by atoms with E-state index in [4.69, 9.17) is 0 Å². The Morgan fingerprint density at radius 1 is 0.923 bits per heavy atom. The molecule has 0 nitrogen and oxygen atoms in total. The summed E-state index contributed by atoms with van der Waals surface area (Å²) in [6.07, 6.45) is -4.23. The molecule has 0 aromatic heterocycles. The van der Waals surface area contributed by atoms with E-state index in [9.17, 15) is 13.2 Å². The third kappa shape index (κ3) is 2.02. The number of halogens is 3. The monoisotopic (exact) mass is 188 g/mol. The first kappa shape index (κ1) is 10.1. The van der Waals surface area contributed by atoms with E-state index in [0.717, 1.165) is 5.56 Å². The van der Waals surface area contributed by atoms with Gasteiger partial charge in [0.1, 0.15) is 0 Å². The lowest BCUT2D eigenvalue weighted by molar-refractivity contribution is -0.137. The van der Waals surface area contributed by atoms with Gasteiger partial charge in [0.25, 0.3) is 0 Å². The van der Waals surface area contributed by atoms with Crippen molar-refractivity contribution >= 4 is 0 Å². The van der Waals surface area contributed by atoms with Crippen molar-refractivity contribution in [3.8, 4) is 0 Å². The summed E-state index contributed by atoms with van der Waals surface area (Å²) in [5, 5.41) is 0. The van der Waals surface area contributed by atoms with Gasteiger partial charge in [0.15, 0.2) is 0 Å². The molecule has 0 radical (unpaired) electrons. The summed E-state index contributed by atoms with van der Waals surface area (Å²) >= 11 is 0. The summed E-state index contributed by atoms with van der Waals surface area (Å²) in [5.41, 5.74) is 1.74. The van der Waals surface area contributed by atoms with Crippen molar-refractivity contribution in [1.82, 2.24) is 0 Å². The minimum Gasteiger partial charge on any atom is -0.166 e. The zero-order valence-corrected chi connectivity index (χ0v) is 7.79. The largest absolute Gasteiger partial charge is 0.416 e. The normalized spacial score (nSPS) is 11.8. The predicted molar refractivity (Wildman–Crippen MR) is 45.7 cm³/mol. The molecule has 0 aliphatic rings. The number of hydrogen-bond donors (Lipinski definition) is 0. The number of alkyl halides is 3. The number of hydrogen-bond acceptors (Lipinski definition) is 0. The van der Waals surface area contributed by atoms with Crippen molar-refractivity contribution in [2.24, 2.45) is 0 Å². The van der Waals surface area contributed by atoms with Gasteiger partial charge in [-0.05, 0) is 49.6 Å². The molecular weight excluding hydrogens is 177 g/mol. The molecular formula is C10H11F3. The molecule has 0 bridgehead atoms. The maximum absolute atomic E-state index is 12.3. The van der Waals surface area contributed by atoms with Crippen LogP contribution >= 0.6 is 0 Å². The van der Waals surface area contributed by atoms with Crippen molar-refractivity contribution in [3.63, 3.8) is 0 Å². The maximum atomic E-state index is 12.3. The van der Waals surface area contributed by atoms with E-state index in [1.807, 2.05) is 6.92 Å². The lowest BCUT2D eigenvalue weighted by Gasteiger charge is -2.11. The van der Waals surface area contributed by atoms with Gasteiger partial charge in [0.2, 0.25) is 0 Å². The highest BCUT2D eigenvalue weighted by molar-refractivity contribution is 5.37. The summed E-state index contributed by atoms with van der Waals surface area (Å²) in [5.74, 6) is 0. The molecule has 1 aromatic rings. The van der Waals surface area contributed by atoms with Crippen molar-refractivity contribution in [1.29, 1.82) is 0 Å². The van der Waals surface area contributed by atoms with Gasteiger partial charge in [-0.2, -0.15) is 13.2 Å². The molecule has 1 aromatic carbocycles. The molecule has 0 saturated heterocycles. The minimum absolute atomic E-state index is 0.562. The van der Waals surface area contributed by atoms with Crippen molar-refractivity contribution in [2.45, 2.75) is 26.9 Å². The fraction of sp³-hybridized carbons (Fsp3) is 0.400. The maximum Gasteiger partial charge on any atom is 0.416 e. The van der Waals surface area contributed by atoms with Crippen molar-refractivity contribution in [3.05, 3.63) is 34.4 Å². The average Bonchev–Trinajstić information content (AvgIpc) is 1.97. The van der Waals surface area contributed by atoms with Crippen LogP contribution in [0.25, 0.3) is 0 Å². The highest BCUT2D eigenvalue weighted by Crippen LogP contribution is 2.31. The topological polar surface area (TPSA) is 0 Å². The summed E-state index contributed by atoms with van der Waals surface area (Å²) in [6, 6.07) is 2.37. The molecule has 13 heavy (non-hydrogen) atoms. The summed E-state index contributed by atoms with van der Waals surface area (Å²) in [7, 11) is 0. The molecule has 0 aliphatic heterocycles. The molecule has 1 rings (SSSR count). The molecule has 0 saturated carbocycles. The number of rotatable bonds is 0. The lowest BCUT2D eigenvalue weighted by atomic mass is 10.0. The Kier molecular flexibility index (Phi) is 2.37. The van der Waals surface area contributed by atoms with Gasteiger partial charge in [-0.15, -0.1) is 0 Å². The Hall–Kier alpha value is -0.990. The van der Waals surface area contributed by atoms with Crippen molar-refractivity contribution < 1.29 is 13.2 Å². The van der Waals surface area contributed by atoms with Gasteiger partial charge in [-0.25, -0.2) is 0 Å². The molecule has 72 valence electrons. The zero-order valence-electron chi connectivity index (χ0n) is 7.79. The van der Waals surface area contributed by atoms with Crippen LogP contribution in [0.4, 0.5) is 13.2 Å². The van der Waals surface area contributed by atoms with Gasteiger partial charge < -0.3 is 0 Å². The first-order valence-electron chi connectivity index (χ1n) is 3.97. The van der Waals surface area contributed by atoms with E-state index >= 15 is 0 Å². The van der Waals surface area contributed by atoms with Crippen LogP contribution in [0.2, 0.25) is 0 Å². The SMILES string of the molecule is Cc1cc(C(F)(F)F)cc(C)c1C. The number of aryl methyl sites for hydroxylation is 2. The molecule has 0 unspecified atom stereocenters. The standard InChI is InChI=1S/C10H11F3/c1-6-4-9(10(11,12)13)5-7(2)8(6)3/h4-5H,1-3H3. The van der Waals surface area contributed by atoms with Gasteiger partial charge in [-0.3, -0.25) is 0 Å². The van der Waals surface area contributed by atoms with Crippen LogP contribution in [-0.2, 0) is 6.18 Å². The van der Waals surface area contributed by atoms with Crippen LogP contribution in [-0.4, -0.2) is 0 Å². The third-order valence-electron chi connectivity index (χ3n) is 2.25. The van der Waals surface area contributed by atoms with E-state index in [1.165, 1.54) is 12.1 Å². The fourth-order valence-electron chi connectivity index (χ4n) is 1.20. The molecule has 0 spiro atoms. The minimum atomic E-state index is -4.23. The second kappa shape index (κ2) is 3.05. The average molecular weight is 188 g/mol. The van der Waals surface area contributed by atoms with Crippen LogP contribution in [0.1, 0.15) is 22.3 Å². The van der Waals surface area contributed by atoms with E-state index in [-0.39, 0.29) is 0 Å². The Balaban J connectivity index is 3.29. The first-order valence-corrected chi connectivity index (χ1v) is 3.97. The van der Waals surface area contributed by atoms with E-state index in [0.29, 0.717) is 11.1 Å². The van der Waals surface area contributed by atoms with Crippen LogP contribution in [0.5, 0.6) is 0 Å². The van der Waals surface area contributed by atoms with E-state index < -0.39 is 11.7 Å². The second-order valence-corrected chi connectivity index (χ2v) is 3.23. The highest BCUT2D eigenvalue weighted by atomic mass is 19.4. The molecule has 0 N–H and O–H groups in total. The molecule has 0 fully saturated rings. The van der Waals surface area contributed by atoms with Gasteiger partial charge in [-0.1, -0.05) is 0 Å². The zero-order chi connectivity index (χ0) is 10.2. The molecule has 3 heteroatoms. The van der Waals surface area contributed by atoms with Crippen molar-refractivity contribution in [2.75, 3.05) is 0 Å². The Labute approximate surface area is 75.4 Å². The van der Waals surface area contributed by atoms with Crippen LogP contribution in [0.3, 0.4) is 0 Å². The summed E-state index contributed by atoms with van der Waals surface area (Å²) in [6.45, 7) is 5.21. The van der Waals surface area contributed by atoms with Gasteiger partial charge in [0.05, 0.1) is 5.56 Å². The summed E-state index contributed by atoms with van der Waals surface area (Å²) in [4.78, 5) is 0. The van der Waals surface area contributed by atoms with Crippen LogP contribution in [0.15, 0.2) is 12.1 Å². The number of benzene rings is 1. The quantitative estimate of drug-likeness (QED) is 0.583. The highest BCUT2D eigenvalue weighted by Gasteiger charge is 2.30. The van der Waals surface area contributed by atoms with Crippen LogP contribution in [0, 0.1) is 20.8 Å². The summed E-state index contributed by atoms with van der Waals surface area (Å²) < 4.78 is 36.8. The molecule has 0 heterocycles. The lowest BCUT2D eigenvalue weighted by Crippen LogP contribution is -2.06. The molecule has 0 atom stereocenters. The Morgan fingerprint density at radius 3 is 1.62 bits per heavy atom. The Morgan fingerprint density at radius 2 is 1.31 bits per heavy atom. The van der Waals surface area contributed by atoms with E-state index in [2.05, 4.69) is 0 Å². The third-order valence-corrected chi connectivity index (χ3v) is 2.25.